The molecule has 104 valence electrons. The van der Waals surface area contributed by atoms with Gasteiger partial charge in [0.2, 0.25) is 0 Å². The maximum Gasteiger partial charge on any atom is 0.293 e. The van der Waals surface area contributed by atoms with Gasteiger partial charge in [-0.25, -0.2) is 4.39 Å². The van der Waals surface area contributed by atoms with Gasteiger partial charge in [-0.2, -0.15) is 0 Å². The minimum absolute atomic E-state index is 0.0584. The molecule has 2 atom stereocenters. The van der Waals surface area contributed by atoms with E-state index < -0.39 is 10.7 Å². The third-order valence-corrected chi connectivity index (χ3v) is 4.05. The monoisotopic (exact) mass is 331 g/mol. The Labute approximate surface area is 118 Å². The maximum absolute atomic E-state index is 13.7. The SMILES string of the molecule is CC1CC(N)CCN1c1cc(F)c(Br)cc1[N+](=O)[O-]. The Morgan fingerprint density at radius 3 is 2.84 bits per heavy atom. The summed E-state index contributed by atoms with van der Waals surface area (Å²) in [5.74, 6) is -0.498. The first-order valence-electron chi connectivity index (χ1n) is 6.05. The van der Waals surface area contributed by atoms with Crippen LogP contribution in [-0.4, -0.2) is 23.6 Å². The first kappa shape index (κ1) is 14.2. The van der Waals surface area contributed by atoms with E-state index in [-0.39, 0.29) is 22.2 Å². The van der Waals surface area contributed by atoms with Crippen LogP contribution in [0.3, 0.4) is 0 Å². The van der Waals surface area contributed by atoms with E-state index in [0.717, 1.165) is 12.8 Å². The Morgan fingerprint density at radius 2 is 2.26 bits per heavy atom. The smallest absolute Gasteiger partial charge is 0.293 e. The summed E-state index contributed by atoms with van der Waals surface area (Å²) in [6.07, 6.45) is 1.49. The third kappa shape index (κ3) is 2.87. The number of anilines is 1. The summed E-state index contributed by atoms with van der Waals surface area (Å²) < 4.78 is 13.8. The Kier molecular flexibility index (Phi) is 4.05. The van der Waals surface area contributed by atoms with Crippen LogP contribution in [-0.2, 0) is 0 Å². The summed E-state index contributed by atoms with van der Waals surface area (Å²) in [6, 6.07) is 2.59. The molecule has 0 aromatic heterocycles. The molecule has 2 N–H and O–H groups in total. The summed E-state index contributed by atoms with van der Waals surface area (Å²) >= 11 is 2.98. The van der Waals surface area contributed by atoms with Crippen LogP contribution >= 0.6 is 15.9 Å². The lowest BCUT2D eigenvalue weighted by Gasteiger charge is -2.37. The summed E-state index contributed by atoms with van der Waals surface area (Å²) in [4.78, 5) is 12.5. The number of nitrogens with two attached hydrogens (primary N) is 1. The Morgan fingerprint density at radius 1 is 1.58 bits per heavy atom. The van der Waals surface area contributed by atoms with Crippen molar-refractivity contribution in [1.29, 1.82) is 0 Å². The minimum atomic E-state index is -0.498. The number of halogens is 2. The van der Waals surface area contributed by atoms with Crippen LogP contribution in [0.5, 0.6) is 0 Å². The second kappa shape index (κ2) is 5.42. The molecular weight excluding hydrogens is 317 g/mol. The van der Waals surface area contributed by atoms with E-state index in [1.165, 1.54) is 12.1 Å². The van der Waals surface area contributed by atoms with E-state index in [0.29, 0.717) is 12.2 Å². The number of rotatable bonds is 2. The summed E-state index contributed by atoms with van der Waals surface area (Å²) in [5.41, 5.74) is 6.11. The fourth-order valence-electron chi connectivity index (χ4n) is 2.47. The zero-order valence-corrected chi connectivity index (χ0v) is 12.1. The molecule has 1 saturated heterocycles. The lowest BCUT2D eigenvalue weighted by molar-refractivity contribution is -0.384. The van der Waals surface area contributed by atoms with Crippen LogP contribution in [0.25, 0.3) is 0 Å². The molecule has 1 aliphatic heterocycles. The fourth-order valence-corrected chi connectivity index (χ4v) is 2.80. The molecule has 1 fully saturated rings. The lowest BCUT2D eigenvalue weighted by atomic mass is 9.98. The number of hydrogen-bond donors (Lipinski definition) is 1. The molecular formula is C12H15BrFN3O2. The van der Waals surface area contributed by atoms with Gasteiger partial charge in [-0.3, -0.25) is 10.1 Å². The highest BCUT2D eigenvalue weighted by molar-refractivity contribution is 9.10. The number of piperidine rings is 1. The van der Waals surface area contributed by atoms with Crippen molar-refractivity contribution in [3.8, 4) is 0 Å². The molecule has 0 bridgehead atoms. The lowest BCUT2D eigenvalue weighted by Crippen LogP contribution is -2.45. The molecule has 0 saturated carbocycles. The first-order chi connectivity index (χ1) is 8.90. The van der Waals surface area contributed by atoms with Crippen molar-refractivity contribution in [2.24, 2.45) is 5.73 Å². The van der Waals surface area contributed by atoms with Gasteiger partial charge in [-0.1, -0.05) is 0 Å². The van der Waals surface area contributed by atoms with E-state index in [1.807, 2.05) is 11.8 Å². The van der Waals surface area contributed by atoms with Crippen LogP contribution < -0.4 is 10.6 Å². The van der Waals surface area contributed by atoms with E-state index in [2.05, 4.69) is 15.9 Å². The largest absolute Gasteiger partial charge is 0.363 e. The van der Waals surface area contributed by atoms with Gasteiger partial charge in [-0.15, -0.1) is 0 Å². The van der Waals surface area contributed by atoms with Gasteiger partial charge in [0.1, 0.15) is 11.5 Å². The first-order valence-corrected chi connectivity index (χ1v) is 6.85. The minimum Gasteiger partial charge on any atom is -0.363 e. The molecule has 0 amide bonds. The highest BCUT2D eigenvalue weighted by atomic mass is 79.9. The average molecular weight is 332 g/mol. The summed E-state index contributed by atoms with van der Waals surface area (Å²) in [5, 5.41) is 11.1. The molecule has 5 nitrogen and oxygen atoms in total. The predicted octanol–water partition coefficient (Wildman–Crippen LogP) is 2.81. The second-order valence-electron chi connectivity index (χ2n) is 4.84. The third-order valence-electron chi connectivity index (χ3n) is 3.44. The molecule has 7 heteroatoms. The van der Waals surface area contributed by atoms with Crippen LogP contribution in [0.15, 0.2) is 16.6 Å². The highest BCUT2D eigenvalue weighted by Gasteiger charge is 2.29. The fraction of sp³-hybridized carbons (Fsp3) is 0.500. The molecule has 2 unspecified atom stereocenters. The van der Waals surface area contributed by atoms with Crippen molar-refractivity contribution in [3.63, 3.8) is 0 Å². The van der Waals surface area contributed by atoms with E-state index >= 15 is 0 Å². The second-order valence-corrected chi connectivity index (χ2v) is 5.69. The maximum atomic E-state index is 13.7. The summed E-state index contributed by atoms with van der Waals surface area (Å²) in [6.45, 7) is 2.55. The normalized spacial score (nSPS) is 23.5. The number of benzene rings is 1. The van der Waals surface area contributed by atoms with Gasteiger partial charge in [-0.05, 0) is 35.7 Å². The molecule has 2 rings (SSSR count). The van der Waals surface area contributed by atoms with Gasteiger partial charge in [0, 0.05) is 30.8 Å². The molecule has 19 heavy (non-hydrogen) atoms. The number of nitro groups is 1. The Bertz CT molecular complexity index is 512. The molecule has 0 aliphatic carbocycles. The van der Waals surface area contributed by atoms with E-state index in [4.69, 9.17) is 5.73 Å². The quantitative estimate of drug-likeness (QED) is 0.668. The zero-order valence-electron chi connectivity index (χ0n) is 10.5. The van der Waals surface area contributed by atoms with Crippen molar-refractivity contribution < 1.29 is 9.31 Å². The average Bonchev–Trinajstić information content (AvgIpc) is 2.32. The van der Waals surface area contributed by atoms with Crippen LogP contribution in [0.2, 0.25) is 0 Å². The van der Waals surface area contributed by atoms with Crippen LogP contribution in [0, 0.1) is 15.9 Å². The molecule has 1 aliphatic rings. The highest BCUT2D eigenvalue weighted by Crippen LogP contribution is 2.36. The Hall–Kier alpha value is -1.21. The van der Waals surface area contributed by atoms with Gasteiger partial charge < -0.3 is 10.6 Å². The molecule has 0 radical (unpaired) electrons. The van der Waals surface area contributed by atoms with Crippen LogP contribution in [0.4, 0.5) is 15.8 Å². The molecule has 1 aromatic rings. The van der Waals surface area contributed by atoms with Crippen LogP contribution in [0.1, 0.15) is 19.8 Å². The van der Waals surface area contributed by atoms with Crippen molar-refractivity contribution in [3.05, 3.63) is 32.5 Å². The molecule has 0 spiro atoms. The van der Waals surface area contributed by atoms with Gasteiger partial charge in [0.15, 0.2) is 0 Å². The van der Waals surface area contributed by atoms with Gasteiger partial charge >= 0.3 is 0 Å². The number of nitrogens with zero attached hydrogens (tertiary/aromatic N) is 2. The van der Waals surface area contributed by atoms with Gasteiger partial charge in [0.25, 0.3) is 5.69 Å². The number of hydrogen-bond acceptors (Lipinski definition) is 4. The van der Waals surface area contributed by atoms with E-state index in [9.17, 15) is 14.5 Å². The van der Waals surface area contributed by atoms with Crippen molar-refractivity contribution >= 4 is 27.3 Å². The predicted molar refractivity (Wildman–Crippen MR) is 74.8 cm³/mol. The standard InChI is InChI=1S/C12H15BrFN3O2/c1-7-4-8(15)2-3-16(7)11-6-10(14)9(13)5-12(11)17(18)19/h5-8H,2-4,15H2,1H3. The molecule has 1 heterocycles. The molecule has 1 aromatic carbocycles. The van der Waals surface area contributed by atoms with Crippen molar-refractivity contribution in [1.82, 2.24) is 0 Å². The Balaban J connectivity index is 2.43. The van der Waals surface area contributed by atoms with Crippen molar-refractivity contribution in [2.45, 2.75) is 31.8 Å². The zero-order chi connectivity index (χ0) is 14.2. The van der Waals surface area contributed by atoms with Gasteiger partial charge in [0.05, 0.1) is 9.40 Å². The summed E-state index contributed by atoms with van der Waals surface area (Å²) in [7, 11) is 0. The number of nitro benzene ring substituents is 1. The topological polar surface area (TPSA) is 72.4 Å². The van der Waals surface area contributed by atoms with E-state index in [1.54, 1.807) is 0 Å². The van der Waals surface area contributed by atoms with Crippen molar-refractivity contribution in [2.75, 3.05) is 11.4 Å².